The standard InChI is InChI=1S/C26H30BrN5O4/c27-18-5-6-19-22(17-18)29-26(34)23(19)25-24(20-3-1-2-4-21(20)28-25)30-36-15-12-32-9-7-31(8-10-32)11-14-35-16-13-33/h1-6,17,29,33-34H,7-16H2/b30-24+. The van der Waals surface area contributed by atoms with E-state index >= 15 is 0 Å². The number of nitrogens with one attached hydrogen (secondary N) is 1. The Balaban J connectivity index is 1.23. The molecule has 2 aromatic carbocycles. The SMILES string of the molecule is OCCOCCN1CCN(CCO/N=C2/C(c3c(O)[nH]c4cc(Br)ccc34)=Nc3ccccc32)CC1. The molecule has 1 saturated heterocycles. The van der Waals surface area contributed by atoms with E-state index < -0.39 is 0 Å². The summed E-state index contributed by atoms with van der Waals surface area (Å²) in [7, 11) is 0. The Morgan fingerprint density at radius 2 is 1.75 bits per heavy atom. The average molecular weight is 556 g/mol. The van der Waals surface area contributed by atoms with Crippen LogP contribution in [0.5, 0.6) is 5.88 Å². The molecule has 3 heterocycles. The number of aliphatic hydroxyl groups is 1. The quantitative estimate of drug-likeness (QED) is 0.262. The van der Waals surface area contributed by atoms with Gasteiger partial charge in [-0.3, -0.25) is 9.80 Å². The maximum Gasteiger partial charge on any atom is 0.199 e. The van der Waals surface area contributed by atoms with Gasteiger partial charge in [-0.25, -0.2) is 4.99 Å². The topological polar surface area (TPSA) is 106 Å². The zero-order valence-electron chi connectivity index (χ0n) is 20.0. The van der Waals surface area contributed by atoms with E-state index in [1.165, 1.54) is 0 Å². The number of aliphatic imine (C=N–C) groups is 1. The highest BCUT2D eigenvalue weighted by Crippen LogP contribution is 2.36. The van der Waals surface area contributed by atoms with Crippen LogP contribution in [0.3, 0.4) is 0 Å². The number of halogens is 1. The van der Waals surface area contributed by atoms with Crippen LogP contribution in [0, 0.1) is 0 Å². The summed E-state index contributed by atoms with van der Waals surface area (Å²) in [4.78, 5) is 18.4. The van der Waals surface area contributed by atoms with Crippen molar-refractivity contribution < 1.29 is 19.8 Å². The van der Waals surface area contributed by atoms with Gasteiger partial charge in [-0.15, -0.1) is 0 Å². The second-order valence-corrected chi connectivity index (χ2v) is 9.72. The lowest BCUT2D eigenvalue weighted by Gasteiger charge is -2.34. The molecule has 1 aromatic heterocycles. The van der Waals surface area contributed by atoms with Crippen molar-refractivity contribution in [3.05, 3.63) is 58.1 Å². The second kappa shape index (κ2) is 11.5. The number of nitrogens with zero attached hydrogens (tertiary/aromatic N) is 4. The summed E-state index contributed by atoms with van der Waals surface area (Å²) in [6.07, 6.45) is 0. The Morgan fingerprint density at radius 1 is 1.00 bits per heavy atom. The number of piperazine rings is 1. The molecule has 0 atom stereocenters. The number of benzene rings is 2. The lowest BCUT2D eigenvalue weighted by molar-refractivity contribution is 0.0483. The Labute approximate surface area is 218 Å². The minimum absolute atomic E-state index is 0.0574. The highest BCUT2D eigenvalue weighted by molar-refractivity contribution is 9.10. The first-order chi connectivity index (χ1) is 17.6. The summed E-state index contributed by atoms with van der Waals surface area (Å²) < 4.78 is 6.29. The molecule has 0 radical (unpaired) electrons. The van der Waals surface area contributed by atoms with Gasteiger partial charge >= 0.3 is 0 Å². The Hall–Kier alpha value is -2.76. The normalized spacial score (nSPS) is 17.6. The molecule has 3 N–H and O–H groups in total. The lowest BCUT2D eigenvalue weighted by atomic mass is 10.0. The van der Waals surface area contributed by atoms with Crippen LogP contribution in [0.25, 0.3) is 10.9 Å². The molecular weight excluding hydrogens is 526 g/mol. The molecule has 2 aliphatic rings. The van der Waals surface area contributed by atoms with Gasteiger partial charge in [0, 0.05) is 54.7 Å². The van der Waals surface area contributed by atoms with E-state index in [0.717, 1.165) is 65.9 Å². The van der Waals surface area contributed by atoms with Crippen molar-refractivity contribution in [2.24, 2.45) is 10.1 Å². The molecular formula is C26H30BrN5O4. The molecule has 10 heteroatoms. The summed E-state index contributed by atoms with van der Waals surface area (Å²) in [5.41, 5.74) is 4.34. The van der Waals surface area contributed by atoms with E-state index in [2.05, 4.69) is 35.9 Å². The molecule has 1 fully saturated rings. The van der Waals surface area contributed by atoms with Crippen LogP contribution < -0.4 is 0 Å². The van der Waals surface area contributed by atoms with E-state index in [0.29, 0.717) is 36.8 Å². The fraction of sp³-hybridized carbons (Fsp3) is 0.385. The van der Waals surface area contributed by atoms with Gasteiger partial charge in [0.1, 0.15) is 18.0 Å². The third-order valence-electron chi connectivity index (χ3n) is 6.50. The molecule has 9 nitrogen and oxygen atoms in total. The van der Waals surface area contributed by atoms with Crippen LogP contribution in [0.15, 0.2) is 57.1 Å². The number of fused-ring (bicyclic) bond motifs is 2. The first-order valence-electron chi connectivity index (χ1n) is 12.2. The number of hydrogen-bond donors (Lipinski definition) is 3. The fourth-order valence-corrected chi connectivity index (χ4v) is 4.97. The number of aromatic amines is 1. The number of oxime groups is 1. The van der Waals surface area contributed by atoms with Crippen molar-refractivity contribution in [3.63, 3.8) is 0 Å². The van der Waals surface area contributed by atoms with E-state index in [1.807, 2.05) is 42.5 Å². The zero-order chi connectivity index (χ0) is 24.9. The number of H-pyrrole nitrogens is 1. The van der Waals surface area contributed by atoms with E-state index in [9.17, 15) is 5.11 Å². The number of aliphatic hydroxyl groups excluding tert-OH is 1. The summed E-state index contributed by atoms with van der Waals surface area (Å²) in [6, 6.07) is 13.6. The molecule has 0 bridgehead atoms. The van der Waals surface area contributed by atoms with Crippen molar-refractivity contribution in [1.29, 1.82) is 0 Å². The fourth-order valence-electron chi connectivity index (χ4n) is 4.61. The largest absolute Gasteiger partial charge is 0.494 e. The third-order valence-corrected chi connectivity index (χ3v) is 6.99. The van der Waals surface area contributed by atoms with Crippen LogP contribution in [0.2, 0.25) is 0 Å². The average Bonchev–Trinajstić information content (AvgIpc) is 3.41. The van der Waals surface area contributed by atoms with Gasteiger partial charge in [0.15, 0.2) is 5.88 Å². The van der Waals surface area contributed by atoms with Gasteiger partial charge in [0.05, 0.1) is 36.6 Å². The van der Waals surface area contributed by atoms with Gasteiger partial charge in [-0.1, -0.05) is 45.4 Å². The molecule has 5 rings (SSSR count). The smallest absolute Gasteiger partial charge is 0.199 e. The van der Waals surface area contributed by atoms with Crippen molar-refractivity contribution in [2.75, 3.05) is 65.7 Å². The van der Waals surface area contributed by atoms with Crippen LogP contribution in [-0.4, -0.2) is 102 Å². The van der Waals surface area contributed by atoms with Crippen molar-refractivity contribution in [3.8, 4) is 5.88 Å². The molecule has 190 valence electrons. The van der Waals surface area contributed by atoms with Gasteiger partial charge < -0.3 is 24.8 Å². The molecule has 0 amide bonds. The summed E-state index contributed by atoms with van der Waals surface area (Å²) >= 11 is 3.48. The minimum Gasteiger partial charge on any atom is -0.494 e. The molecule has 3 aromatic rings. The Kier molecular flexibility index (Phi) is 7.98. The van der Waals surface area contributed by atoms with E-state index in [1.54, 1.807) is 0 Å². The molecule has 36 heavy (non-hydrogen) atoms. The van der Waals surface area contributed by atoms with Gasteiger partial charge in [-0.05, 0) is 18.2 Å². The maximum absolute atomic E-state index is 10.7. The Bertz CT molecular complexity index is 1270. The number of para-hydroxylation sites is 1. The molecule has 0 spiro atoms. The monoisotopic (exact) mass is 555 g/mol. The number of aromatic hydroxyl groups is 1. The van der Waals surface area contributed by atoms with Crippen molar-refractivity contribution >= 4 is 43.9 Å². The second-order valence-electron chi connectivity index (χ2n) is 8.81. The van der Waals surface area contributed by atoms with E-state index in [-0.39, 0.29) is 12.5 Å². The summed E-state index contributed by atoms with van der Waals surface area (Å²) in [5.74, 6) is 0.0574. The van der Waals surface area contributed by atoms with Crippen LogP contribution in [0.1, 0.15) is 11.1 Å². The number of hydrogen-bond acceptors (Lipinski definition) is 8. The maximum atomic E-state index is 10.7. The molecule has 2 aliphatic heterocycles. The molecule has 0 saturated carbocycles. The minimum atomic E-state index is 0.0574. The van der Waals surface area contributed by atoms with Crippen molar-refractivity contribution in [1.82, 2.24) is 14.8 Å². The number of ether oxygens (including phenoxy) is 1. The first-order valence-corrected chi connectivity index (χ1v) is 13.0. The highest BCUT2D eigenvalue weighted by atomic mass is 79.9. The predicted molar refractivity (Wildman–Crippen MR) is 144 cm³/mol. The van der Waals surface area contributed by atoms with Crippen molar-refractivity contribution in [2.45, 2.75) is 0 Å². The Morgan fingerprint density at radius 3 is 2.53 bits per heavy atom. The van der Waals surface area contributed by atoms with E-state index in [4.69, 9.17) is 19.7 Å². The van der Waals surface area contributed by atoms with Crippen LogP contribution >= 0.6 is 15.9 Å². The lowest BCUT2D eigenvalue weighted by Crippen LogP contribution is -2.48. The van der Waals surface area contributed by atoms with Gasteiger partial charge in [0.2, 0.25) is 0 Å². The van der Waals surface area contributed by atoms with Crippen LogP contribution in [0.4, 0.5) is 5.69 Å². The number of rotatable bonds is 10. The molecule has 0 unspecified atom stereocenters. The highest BCUT2D eigenvalue weighted by Gasteiger charge is 2.29. The molecule has 0 aliphatic carbocycles. The predicted octanol–water partition coefficient (Wildman–Crippen LogP) is 3.12. The summed E-state index contributed by atoms with van der Waals surface area (Å²) in [6.45, 7) is 7.15. The third kappa shape index (κ3) is 5.47. The summed E-state index contributed by atoms with van der Waals surface area (Å²) in [5, 5.41) is 24.9. The van der Waals surface area contributed by atoms with Crippen LogP contribution in [-0.2, 0) is 9.57 Å². The van der Waals surface area contributed by atoms with Gasteiger partial charge in [0.25, 0.3) is 0 Å². The van der Waals surface area contributed by atoms with Gasteiger partial charge in [-0.2, -0.15) is 0 Å². The first kappa shape index (κ1) is 24.9. The zero-order valence-corrected chi connectivity index (χ0v) is 21.6. The number of aromatic nitrogens is 1.